The summed E-state index contributed by atoms with van der Waals surface area (Å²) in [6, 6.07) is 4.17. The minimum Gasteiger partial charge on any atom is -0.203 e. The van der Waals surface area contributed by atoms with Crippen molar-refractivity contribution >= 4 is 16.7 Å². The summed E-state index contributed by atoms with van der Waals surface area (Å²) in [5.41, 5.74) is -23.1. The zero-order chi connectivity index (χ0) is 37.9. The van der Waals surface area contributed by atoms with Crippen LogP contribution in [-0.4, -0.2) is 0 Å². The van der Waals surface area contributed by atoms with Crippen molar-refractivity contribution < 1.29 is 61.5 Å². The summed E-state index contributed by atoms with van der Waals surface area (Å²) in [4.78, 5) is 0. The van der Waals surface area contributed by atoms with E-state index in [1.807, 2.05) is 0 Å². The van der Waals surface area contributed by atoms with Gasteiger partial charge in [0.1, 0.15) is 41.5 Å². The summed E-state index contributed by atoms with van der Waals surface area (Å²) in [7, 11) is 0. The topological polar surface area (TPSA) is 119 Å². The van der Waals surface area contributed by atoms with Gasteiger partial charge in [-0.15, -0.1) is 0 Å². The highest BCUT2D eigenvalue weighted by Gasteiger charge is 2.47. The first kappa shape index (κ1) is 36.2. The van der Waals surface area contributed by atoms with Crippen LogP contribution < -0.4 is 0 Å². The van der Waals surface area contributed by atoms with Crippen LogP contribution in [0.4, 0.5) is 61.5 Å². The van der Waals surface area contributed by atoms with Gasteiger partial charge in [0.05, 0.1) is 39.0 Å². The molecule has 0 aliphatic heterocycles. The standard InChI is InChI=1S/C31H3F14N5/c1-31(44,45)18-29(42)27(40)17(28(41)30(18)43)9(4-48)14-12(7(2-46)15-23(36)19(32)10(5-49)20(33)24(15)37)13(14)8(3-47)16-25(38)21(34)11(6-50)22(35)26(16)39/h1H3. The second-order valence-corrected chi connectivity index (χ2v) is 9.72. The Labute approximate surface area is 267 Å². The molecule has 0 radical (unpaired) electrons. The summed E-state index contributed by atoms with van der Waals surface area (Å²) >= 11 is 0. The van der Waals surface area contributed by atoms with E-state index in [1.165, 1.54) is 0 Å². The summed E-state index contributed by atoms with van der Waals surface area (Å²) in [5.74, 6) is -36.2. The number of hydrogen-bond acceptors (Lipinski definition) is 5. The third-order valence-electron chi connectivity index (χ3n) is 6.98. The van der Waals surface area contributed by atoms with Crippen molar-refractivity contribution in [3.8, 4) is 30.3 Å². The SMILES string of the molecule is CC(F)(F)c1c(F)c(F)c(C(C#N)=C2C(=C(C#N)c3c(F)c(F)c(C#N)c(F)c3F)C2=C(C#N)c2c(F)c(F)c(C#N)c(F)c2F)c(F)c1F. The van der Waals surface area contributed by atoms with E-state index in [-0.39, 0.29) is 6.92 Å². The molecule has 0 atom stereocenters. The average Bonchev–Trinajstić information content (AvgIpc) is 3.77. The van der Waals surface area contributed by atoms with Crippen LogP contribution in [0, 0.1) is 126 Å². The molecule has 0 bridgehead atoms. The van der Waals surface area contributed by atoms with Gasteiger partial charge in [-0.3, -0.25) is 0 Å². The third kappa shape index (κ3) is 5.06. The molecule has 0 saturated heterocycles. The quantitative estimate of drug-likeness (QED) is 0.153. The van der Waals surface area contributed by atoms with E-state index < -0.39 is 143 Å². The molecule has 4 rings (SSSR count). The Morgan fingerprint density at radius 1 is 0.400 bits per heavy atom. The van der Waals surface area contributed by atoms with Gasteiger partial charge in [0.25, 0.3) is 5.92 Å². The maximum Gasteiger partial charge on any atom is 0.276 e. The molecular weight excluding hydrogens is 708 g/mol. The zero-order valence-electron chi connectivity index (χ0n) is 23.5. The van der Waals surface area contributed by atoms with Crippen molar-refractivity contribution in [2.75, 3.05) is 0 Å². The molecule has 1 fully saturated rings. The Morgan fingerprint density at radius 3 is 0.800 bits per heavy atom. The first-order valence-electron chi connectivity index (χ1n) is 12.5. The van der Waals surface area contributed by atoms with E-state index in [1.54, 1.807) is 0 Å². The van der Waals surface area contributed by atoms with Gasteiger partial charge in [0.15, 0.2) is 69.8 Å². The van der Waals surface area contributed by atoms with Gasteiger partial charge in [-0.1, -0.05) is 0 Å². The van der Waals surface area contributed by atoms with Crippen LogP contribution in [-0.2, 0) is 5.92 Å². The van der Waals surface area contributed by atoms with Crippen molar-refractivity contribution in [2.45, 2.75) is 12.8 Å². The van der Waals surface area contributed by atoms with Crippen molar-refractivity contribution in [3.63, 3.8) is 0 Å². The molecule has 0 N–H and O–H groups in total. The van der Waals surface area contributed by atoms with Crippen LogP contribution in [0.25, 0.3) is 16.7 Å². The molecule has 50 heavy (non-hydrogen) atoms. The number of hydrogen-bond donors (Lipinski definition) is 0. The number of alkyl halides is 2. The summed E-state index contributed by atoms with van der Waals surface area (Å²) in [5, 5.41) is 47.1. The second kappa shape index (κ2) is 12.4. The van der Waals surface area contributed by atoms with Gasteiger partial charge in [0, 0.05) is 23.6 Å². The third-order valence-corrected chi connectivity index (χ3v) is 6.98. The van der Waals surface area contributed by atoms with E-state index in [0.29, 0.717) is 0 Å². The summed E-state index contributed by atoms with van der Waals surface area (Å²) in [6.45, 7) is -0.213. The maximum absolute atomic E-state index is 15.2. The van der Waals surface area contributed by atoms with Crippen LogP contribution in [0.1, 0.15) is 40.3 Å². The van der Waals surface area contributed by atoms with Gasteiger partial charge >= 0.3 is 0 Å². The number of nitriles is 5. The van der Waals surface area contributed by atoms with Crippen molar-refractivity contribution in [2.24, 2.45) is 0 Å². The lowest BCUT2D eigenvalue weighted by Gasteiger charge is -2.16. The van der Waals surface area contributed by atoms with Crippen LogP contribution in [0.2, 0.25) is 0 Å². The first-order chi connectivity index (χ1) is 23.3. The minimum atomic E-state index is -4.65. The molecule has 0 amide bonds. The maximum atomic E-state index is 15.2. The van der Waals surface area contributed by atoms with E-state index in [9.17, 15) is 50.9 Å². The fourth-order valence-corrected chi connectivity index (χ4v) is 4.78. The van der Waals surface area contributed by atoms with Gasteiger partial charge in [-0.2, -0.15) is 26.3 Å². The zero-order valence-corrected chi connectivity index (χ0v) is 23.5. The lowest BCUT2D eigenvalue weighted by Crippen LogP contribution is -2.18. The van der Waals surface area contributed by atoms with Crippen LogP contribution in [0.15, 0.2) is 16.7 Å². The molecule has 3 aromatic rings. The van der Waals surface area contributed by atoms with Crippen LogP contribution in [0.5, 0.6) is 0 Å². The highest BCUT2D eigenvalue weighted by molar-refractivity contribution is 6.12. The summed E-state index contributed by atoms with van der Waals surface area (Å²) in [6.07, 6.45) is 0. The normalized spacial score (nSPS) is 14.2. The Bertz CT molecular complexity index is 2230. The monoisotopic (exact) mass is 711 g/mol. The highest BCUT2D eigenvalue weighted by Crippen LogP contribution is 2.57. The largest absolute Gasteiger partial charge is 0.276 e. The predicted octanol–water partition coefficient (Wildman–Crippen LogP) is 8.46. The highest BCUT2D eigenvalue weighted by atomic mass is 19.3. The molecule has 0 aromatic heterocycles. The number of nitrogens with zero attached hydrogens (tertiary/aromatic N) is 5. The fraction of sp³-hybridized carbons (Fsp3) is 0.0645. The minimum absolute atomic E-state index is 0.213. The van der Waals surface area contributed by atoms with E-state index in [2.05, 4.69) is 0 Å². The molecule has 3 aromatic carbocycles. The first-order valence-corrected chi connectivity index (χ1v) is 12.5. The van der Waals surface area contributed by atoms with Gasteiger partial charge in [0.2, 0.25) is 0 Å². The number of allylic oxidation sites excluding steroid dienone is 6. The molecule has 1 aliphatic carbocycles. The molecule has 250 valence electrons. The molecule has 1 saturated carbocycles. The Morgan fingerprint density at radius 2 is 0.620 bits per heavy atom. The molecule has 0 spiro atoms. The second-order valence-electron chi connectivity index (χ2n) is 9.72. The Hall–Kier alpha value is -6.65. The number of benzene rings is 3. The van der Waals surface area contributed by atoms with Gasteiger partial charge in [-0.25, -0.2) is 61.5 Å². The fourth-order valence-electron chi connectivity index (χ4n) is 4.78. The molecule has 0 unspecified atom stereocenters. The van der Waals surface area contributed by atoms with Crippen molar-refractivity contribution in [3.05, 3.63) is 120 Å². The predicted molar refractivity (Wildman–Crippen MR) is 135 cm³/mol. The van der Waals surface area contributed by atoms with Gasteiger partial charge < -0.3 is 0 Å². The molecule has 0 heterocycles. The van der Waals surface area contributed by atoms with E-state index >= 15 is 26.3 Å². The van der Waals surface area contributed by atoms with E-state index in [4.69, 9.17) is 10.5 Å². The van der Waals surface area contributed by atoms with Crippen molar-refractivity contribution in [1.29, 1.82) is 26.3 Å². The Balaban J connectivity index is 2.38. The average molecular weight is 711 g/mol. The smallest absolute Gasteiger partial charge is 0.203 e. The Kier molecular flexibility index (Phi) is 8.99. The summed E-state index contributed by atoms with van der Waals surface area (Å²) < 4.78 is 206. The molecule has 1 aliphatic rings. The van der Waals surface area contributed by atoms with Crippen molar-refractivity contribution in [1.82, 2.24) is 0 Å². The lowest BCUT2D eigenvalue weighted by molar-refractivity contribution is 0.00824. The molecule has 5 nitrogen and oxygen atoms in total. The van der Waals surface area contributed by atoms with E-state index in [0.717, 1.165) is 30.3 Å². The number of halogens is 14. The van der Waals surface area contributed by atoms with Crippen LogP contribution >= 0.6 is 0 Å². The molecule has 19 heteroatoms. The van der Waals surface area contributed by atoms with Gasteiger partial charge in [-0.05, 0) is 0 Å². The molecular formula is C31H3F14N5. The number of rotatable bonds is 4. The van der Waals surface area contributed by atoms with Crippen LogP contribution in [0.3, 0.4) is 0 Å². The lowest BCUT2D eigenvalue weighted by atomic mass is 9.97.